The van der Waals surface area contributed by atoms with E-state index in [2.05, 4.69) is 113 Å². The van der Waals surface area contributed by atoms with E-state index in [0.29, 0.717) is 0 Å². The minimum Gasteiger partial charge on any atom is -0.310 e. The molecule has 2 nitrogen and oxygen atoms in total. The normalized spacial score (nSPS) is 11.4. The van der Waals surface area contributed by atoms with Crippen LogP contribution in [0.25, 0.3) is 44.2 Å². The van der Waals surface area contributed by atoms with Crippen molar-refractivity contribution in [3.63, 3.8) is 0 Å². The fraction of sp³-hybridized carbons (Fsp3) is 0. The fourth-order valence-electron chi connectivity index (χ4n) is 5.37. The molecule has 0 saturated carbocycles. The number of para-hydroxylation sites is 1. The van der Waals surface area contributed by atoms with Crippen molar-refractivity contribution >= 4 is 27.8 Å². The van der Waals surface area contributed by atoms with Crippen LogP contribution in [-0.4, -0.2) is 4.98 Å². The monoisotopic (exact) mass is 446 g/mol. The van der Waals surface area contributed by atoms with E-state index < -0.39 is 0 Å². The Balaban J connectivity index is 1.34. The van der Waals surface area contributed by atoms with Gasteiger partial charge >= 0.3 is 0 Å². The highest BCUT2D eigenvalue weighted by molar-refractivity contribution is 6.18. The van der Waals surface area contributed by atoms with Gasteiger partial charge in [0.2, 0.25) is 0 Å². The maximum absolute atomic E-state index is 4.21. The van der Waals surface area contributed by atoms with Gasteiger partial charge in [-0.05, 0) is 80.6 Å². The smallest absolute Gasteiger partial charge is 0.0492 e. The highest BCUT2D eigenvalue weighted by Crippen LogP contribution is 2.49. The molecule has 0 radical (unpaired) electrons. The Labute approximate surface area is 204 Å². The second kappa shape index (κ2) is 7.96. The van der Waals surface area contributed by atoms with Crippen LogP contribution < -0.4 is 4.90 Å². The van der Waals surface area contributed by atoms with E-state index in [0.717, 1.165) is 17.1 Å². The number of aromatic nitrogens is 1. The average molecular weight is 447 g/mol. The zero-order chi connectivity index (χ0) is 23.2. The molecule has 7 rings (SSSR count). The van der Waals surface area contributed by atoms with E-state index in [1.54, 1.807) is 0 Å². The van der Waals surface area contributed by atoms with Crippen LogP contribution in [0.1, 0.15) is 0 Å². The first-order chi connectivity index (χ1) is 17.4. The van der Waals surface area contributed by atoms with E-state index in [-0.39, 0.29) is 0 Å². The quantitative estimate of drug-likeness (QED) is 0.268. The Hall–Kier alpha value is -4.69. The van der Waals surface area contributed by atoms with Crippen LogP contribution in [0, 0.1) is 0 Å². The molecule has 164 valence electrons. The van der Waals surface area contributed by atoms with E-state index >= 15 is 0 Å². The summed E-state index contributed by atoms with van der Waals surface area (Å²) in [6.07, 6.45) is 3.68. The lowest BCUT2D eigenvalue weighted by atomic mass is 9.94. The van der Waals surface area contributed by atoms with E-state index in [4.69, 9.17) is 0 Å². The van der Waals surface area contributed by atoms with Crippen LogP contribution in [0.3, 0.4) is 0 Å². The lowest BCUT2D eigenvalue weighted by Crippen LogP contribution is -2.09. The highest BCUT2D eigenvalue weighted by Gasteiger charge is 2.22. The molecular weight excluding hydrogens is 424 g/mol. The molecule has 6 aromatic rings. The Kier molecular flexibility index (Phi) is 4.49. The second-order valence-electron chi connectivity index (χ2n) is 8.86. The van der Waals surface area contributed by atoms with Gasteiger partial charge in [0.05, 0.1) is 0 Å². The van der Waals surface area contributed by atoms with Gasteiger partial charge in [0.25, 0.3) is 0 Å². The van der Waals surface area contributed by atoms with Crippen molar-refractivity contribution in [2.75, 3.05) is 4.90 Å². The van der Waals surface area contributed by atoms with Crippen LogP contribution in [0.15, 0.2) is 134 Å². The first-order valence-corrected chi connectivity index (χ1v) is 11.9. The molecule has 1 heterocycles. The predicted molar refractivity (Wildman–Crippen MR) is 146 cm³/mol. The summed E-state index contributed by atoms with van der Waals surface area (Å²) in [7, 11) is 0. The van der Waals surface area contributed by atoms with Crippen molar-refractivity contribution in [2.45, 2.75) is 0 Å². The second-order valence-corrected chi connectivity index (χ2v) is 8.86. The number of hydrogen-bond acceptors (Lipinski definition) is 2. The standard InChI is InChI=1S/C33H22N2/c1-2-7-24(8-3-1)35(26-19-21-34-22-20-26)25-15-13-23(14-16-25)27-17-18-32-29-10-5-4-9-28(29)31-12-6-11-30(27)33(31)32/h1-22H. The summed E-state index contributed by atoms with van der Waals surface area (Å²) in [5.74, 6) is 0. The van der Waals surface area contributed by atoms with Gasteiger partial charge in [-0.3, -0.25) is 4.98 Å². The van der Waals surface area contributed by atoms with Gasteiger partial charge < -0.3 is 4.90 Å². The summed E-state index contributed by atoms with van der Waals surface area (Å²) in [5, 5.41) is 2.66. The Bertz CT molecular complexity index is 1600. The lowest BCUT2D eigenvalue weighted by Gasteiger charge is -2.25. The number of fused-ring (bicyclic) bond motifs is 3. The molecule has 0 spiro atoms. The van der Waals surface area contributed by atoms with Crippen molar-refractivity contribution in [3.05, 3.63) is 134 Å². The van der Waals surface area contributed by atoms with Crippen LogP contribution >= 0.6 is 0 Å². The molecule has 0 atom stereocenters. The number of anilines is 3. The van der Waals surface area contributed by atoms with Crippen LogP contribution in [0.5, 0.6) is 0 Å². The molecule has 0 bridgehead atoms. The average Bonchev–Trinajstić information content (AvgIpc) is 3.26. The molecule has 0 fully saturated rings. The summed E-state index contributed by atoms with van der Waals surface area (Å²) < 4.78 is 0. The third-order valence-corrected chi connectivity index (χ3v) is 6.92. The molecule has 0 amide bonds. The van der Waals surface area contributed by atoms with Crippen molar-refractivity contribution in [3.8, 4) is 33.4 Å². The lowest BCUT2D eigenvalue weighted by molar-refractivity contribution is 1.24. The first kappa shape index (κ1) is 19.7. The topological polar surface area (TPSA) is 16.1 Å². The number of hydrogen-bond donors (Lipinski definition) is 0. The Morgan fingerprint density at radius 3 is 1.71 bits per heavy atom. The molecule has 0 aliphatic heterocycles. The van der Waals surface area contributed by atoms with Gasteiger partial charge in [-0.15, -0.1) is 0 Å². The van der Waals surface area contributed by atoms with Crippen LogP contribution in [-0.2, 0) is 0 Å². The number of rotatable bonds is 4. The van der Waals surface area contributed by atoms with Crippen LogP contribution in [0.2, 0.25) is 0 Å². The van der Waals surface area contributed by atoms with Gasteiger partial charge in [-0.1, -0.05) is 84.9 Å². The molecule has 2 heteroatoms. The molecular formula is C33H22N2. The van der Waals surface area contributed by atoms with Gasteiger partial charge in [0.1, 0.15) is 0 Å². The molecule has 1 aromatic heterocycles. The van der Waals surface area contributed by atoms with Crippen molar-refractivity contribution in [1.82, 2.24) is 4.98 Å². The number of benzene rings is 5. The highest BCUT2D eigenvalue weighted by atomic mass is 15.1. The van der Waals surface area contributed by atoms with Gasteiger partial charge in [0, 0.05) is 29.5 Å². The third kappa shape index (κ3) is 3.15. The summed E-state index contributed by atoms with van der Waals surface area (Å²) >= 11 is 0. The minimum absolute atomic E-state index is 1.09. The number of pyridine rings is 1. The molecule has 1 aliphatic carbocycles. The summed E-state index contributed by atoms with van der Waals surface area (Å²) in [5.41, 5.74) is 11.1. The maximum atomic E-state index is 4.21. The van der Waals surface area contributed by atoms with E-state index in [9.17, 15) is 0 Å². The zero-order valence-electron chi connectivity index (χ0n) is 19.1. The first-order valence-electron chi connectivity index (χ1n) is 11.9. The fourth-order valence-corrected chi connectivity index (χ4v) is 5.37. The van der Waals surface area contributed by atoms with Crippen molar-refractivity contribution in [2.24, 2.45) is 0 Å². The van der Waals surface area contributed by atoms with Crippen molar-refractivity contribution in [1.29, 1.82) is 0 Å². The Morgan fingerprint density at radius 2 is 0.971 bits per heavy atom. The Morgan fingerprint density at radius 1 is 0.400 bits per heavy atom. The summed E-state index contributed by atoms with van der Waals surface area (Å²) in [6, 6.07) is 43.4. The third-order valence-electron chi connectivity index (χ3n) is 6.92. The maximum Gasteiger partial charge on any atom is 0.0492 e. The van der Waals surface area contributed by atoms with Gasteiger partial charge in [-0.25, -0.2) is 0 Å². The zero-order valence-corrected chi connectivity index (χ0v) is 19.1. The van der Waals surface area contributed by atoms with Crippen LogP contribution in [0.4, 0.5) is 17.1 Å². The summed E-state index contributed by atoms with van der Waals surface area (Å²) in [4.78, 5) is 6.46. The molecule has 1 aliphatic rings. The van der Waals surface area contributed by atoms with Crippen molar-refractivity contribution < 1.29 is 0 Å². The molecule has 35 heavy (non-hydrogen) atoms. The molecule has 5 aromatic carbocycles. The van der Waals surface area contributed by atoms with Gasteiger partial charge in [-0.2, -0.15) is 0 Å². The van der Waals surface area contributed by atoms with E-state index in [1.807, 2.05) is 30.6 Å². The minimum atomic E-state index is 1.09. The molecule has 0 N–H and O–H groups in total. The molecule has 0 unspecified atom stereocenters. The summed E-state index contributed by atoms with van der Waals surface area (Å²) in [6.45, 7) is 0. The predicted octanol–water partition coefficient (Wildman–Crippen LogP) is 9.02. The SMILES string of the molecule is c1ccc(N(c2ccncc2)c2ccc(-c3ccc4c5c(cccc35)-c3ccccc3-4)cc2)cc1. The van der Waals surface area contributed by atoms with Gasteiger partial charge in [0.15, 0.2) is 0 Å². The largest absolute Gasteiger partial charge is 0.310 e. The van der Waals surface area contributed by atoms with E-state index in [1.165, 1.54) is 44.2 Å². The molecule has 0 saturated heterocycles. The number of nitrogens with zero attached hydrogens (tertiary/aromatic N) is 2.